The van der Waals surface area contributed by atoms with Crippen LogP contribution in [0.4, 0.5) is 0 Å². The maximum Gasteiger partial charge on any atom is 0.227 e. The molecule has 0 aliphatic carbocycles. The second kappa shape index (κ2) is 5.97. The fourth-order valence-corrected chi connectivity index (χ4v) is 2.21. The van der Waals surface area contributed by atoms with Gasteiger partial charge in [-0.1, -0.05) is 6.92 Å². The molecule has 0 saturated carbocycles. The second-order valence-corrected chi connectivity index (χ2v) is 4.48. The van der Waals surface area contributed by atoms with E-state index in [1.54, 1.807) is 12.4 Å². The minimum absolute atomic E-state index is 0.0232. The molecule has 3 unspecified atom stereocenters. The summed E-state index contributed by atoms with van der Waals surface area (Å²) in [5.74, 6) is 0.694. The first-order valence-electron chi connectivity index (χ1n) is 6.31. The quantitative estimate of drug-likeness (QED) is 0.700. The second-order valence-electron chi connectivity index (χ2n) is 4.48. The molecule has 18 heavy (non-hydrogen) atoms. The van der Waals surface area contributed by atoms with E-state index in [0.717, 1.165) is 12.2 Å². The average Bonchev–Trinajstić information content (AvgIpc) is 3.05. The van der Waals surface area contributed by atoms with E-state index in [9.17, 15) is 4.79 Å². The highest BCUT2D eigenvalue weighted by Crippen LogP contribution is 2.17. The van der Waals surface area contributed by atoms with Gasteiger partial charge >= 0.3 is 0 Å². The Bertz CT molecular complexity index is 379. The largest absolute Gasteiger partial charge is 0.379 e. The van der Waals surface area contributed by atoms with Gasteiger partial charge in [-0.05, 0) is 13.5 Å². The molecule has 1 aromatic rings. The molecule has 0 spiro atoms. The molecular weight excluding hydrogens is 232 g/mol. The molecule has 3 N–H and O–H groups in total. The highest BCUT2D eigenvalue weighted by atomic mass is 16.5. The van der Waals surface area contributed by atoms with E-state index in [-0.39, 0.29) is 23.9 Å². The van der Waals surface area contributed by atoms with Gasteiger partial charge in [-0.25, -0.2) is 4.98 Å². The number of likely N-dealkylation sites (N-methyl/N-ethyl adjacent to an activating group) is 1. The van der Waals surface area contributed by atoms with Crippen LogP contribution in [0.2, 0.25) is 0 Å². The van der Waals surface area contributed by atoms with Crippen LogP contribution in [0.3, 0.4) is 0 Å². The molecule has 6 nitrogen and oxygen atoms in total. The van der Waals surface area contributed by atoms with Crippen LogP contribution in [-0.2, 0) is 9.53 Å². The van der Waals surface area contributed by atoms with Crippen LogP contribution in [0.1, 0.15) is 25.2 Å². The minimum Gasteiger partial charge on any atom is -0.379 e. The van der Waals surface area contributed by atoms with Gasteiger partial charge in [-0.3, -0.25) is 4.79 Å². The molecule has 0 radical (unpaired) electrons. The Morgan fingerprint density at radius 3 is 3.11 bits per heavy atom. The highest BCUT2D eigenvalue weighted by Gasteiger charge is 2.34. The molecule has 1 aliphatic rings. The molecule has 1 amide bonds. The van der Waals surface area contributed by atoms with Crippen molar-refractivity contribution in [1.29, 1.82) is 0 Å². The summed E-state index contributed by atoms with van der Waals surface area (Å²) in [5, 5.41) is 6.13. The van der Waals surface area contributed by atoms with Gasteiger partial charge in [0.15, 0.2) is 0 Å². The van der Waals surface area contributed by atoms with Crippen LogP contribution in [-0.4, -0.2) is 42.2 Å². The van der Waals surface area contributed by atoms with Crippen molar-refractivity contribution in [2.24, 2.45) is 5.92 Å². The smallest absolute Gasteiger partial charge is 0.227 e. The molecular formula is C12H20N4O2. The molecule has 3 atom stereocenters. The molecule has 2 heterocycles. The third kappa shape index (κ3) is 2.70. The van der Waals surface area contributed by atoms with E-state index in [0.29, 0.717) is 13.2 Å². The summed E-state index contributed by atoms with van der Waals surface area (Å²) >= 11 is 0. The lowest BCUT2D eigenvalue weighted by Crippen LogP contribution is -2.43. The van der Waals surface area contributed by atoms with E-state index < -0.39 is 0 Å². The first kappa shape index (κ1) is 13.0. The fourth-order valence-electron chi connectivity index (χ4n) is 2.21. The number of amides is 1. The third-order valence-corrected chi connectivity index (χ3v) is 3.36. The summed E-state index contributed by atoms with van der Waals surface area (Å²) in [6.45, 7) is 3.09. The lowest BCUT2D eigenvalue weighted by atomic mass is 10.0. The van der Waals surface area contributed by atoms with E-state index in [1.165, 1.54) is 0 Å². The number of carbonyl (C=O) groups is 1. The van der Waals surface area contributed by atoms with Gasteiger partial charge in [-0.15, -0.1) is 0 Å². The number of rotatable bonds is 5. The SMILES string of the molecule is CCC(NC(=O)C1COCC1NC)c1ncc[nH]1. The lowest BCUT2D eigenvalue weighted by Gasteiger charge is -2.20. The van der Waals surface area contributed by atoms with Crippen molar-refractivity contribution in [3.63, 3.8) is 0 Å². The van der Waals surface area contributed by atoms with Gasteiger partial charge < -0.3 is 20.4 Å². The Labute approximate surface area is 107 Å². The monoisotopic (exact) mass is 252 g/mol. The Morgan fingerprint density at radius 1 is 1.67 bits per heavy atom. The maximum absolute atomic E-state index is 12.2. The Balaban J connectivity index is 1.97. The first-order chi connectivity index (χ1) is 8.76. The zero-order chi connectivity index (χ0) is 13.0. The topological polar surface area (TPSA) is 79.0 Å². The molecule has 100 valence electrons. The van der Waals surface area contributed by atoms with Crippen LogP contribution >= 0.6 is 0 Å². The Hall–Kier alpha value is -1.40. The van der Waals surface area contributed by atoms with Crippen molar-refractivity contribution in [1.82, 2.24) is 20.6 Å². The van der Waals surface area contributed by atoms with Gasteiger partial charge in [-0.2, -0.15) is 0 Å². The number of H-pyrrole nitrogens is 1. The van der Waals surface area contributed by atoms with Crippen molar-refractivity contribution >= 4 is 5.91 Å². The first-order valence-corrected chi connectivity index (χ1v) is 6.31. The number of hydrogen-bond donors (Lipinski definition) is 3. The van der Waals surface area contributed by atoms with E-state index >= 15 is 0 Å². The van der Waals surface area contributed by atoms with E-state index in [2.05, 4.69) is 20.6 Å². The summed E-state index contributed by atoms with van der Waals surface area (Å²) < 4.78 is 5.34. The van der Waals surface area contributed by atoms with Crippen LogP contribution in [0.5, 0.6) is 0 Å². The molecule has 1 aliphatic heterocycles. The van der Waals surface area contributed by atoms with Crippen LogP contribution < -0.4 is 10.6 Å². The van der Waals surface area contributed by atoms with Gasteiger partial charge in [0.25, 0.3) is 0 Å². The van der Waals surface area contributed by atoms with E-state index in [4.69, 9.17) is 4.74 Å². The summed E-state index contributed by atoms with van der Waals surface area (Å²) in [5.41, 5.74) is 0. The molecule has 1 fully saturated rings. The average molecular weight is 252 g/mol. The summed E-state index contributed by atoms with van der Waals surface area (Å²) in [7, 11) is 1.85. The predicted octanol–water partition coefficient (Wildman–Crippen LogP) is 0.211. The maximum atomic E-state index is 12.2. The van der Waals surface area contributed by atoms with Gasteiger partial charge in [0.1, 0.15) is 5.82 Å². The van der Waals surface area contributed by atoms with Crippen LogP contribution in [0, 0.1) is 5.92 Å². The zero-order valence-corrected chi connectivity index (χ0v) is 10.8. The number of aromatic amines is 1. The van der Waals surface area contributed by atoms with Gasteiger partial charge in [0.2, 0.25) is 5.91 Å². The standard InChI is InChI=1S/C12H20N4O2/c1-3-9(11-14-4-5-15-11)16-12(17)8-6-18-7-10(8)13-2/h4-5,8-10,13H,3,6-7H2,1-2H3,(H,14,15)(H,16,17). The normalized spacial score (nSPS) is 25.0. The number of imidazole rings is 1. The number of aromatic nitrogens is 2. The molecule has 2 rings (SSSR count). The van der Waals surface area contributed by atoms with Crippen molar-refractivity contribution in [3.05, 3.63) is 18.2 Å². The number of nitrogens with zero attached hydrogens (tertiary/aromatic N) is 1. The van der Waals surface area contributed by atoms with Gasteiger partial charge in [0, 0.05) is 18.4 Å². The molecule has 1 aromatic heterocycles. The van der Waals surface area contributed by atoms with Crippen molar-refractivity contribution in [2.45, 2.75) is 25.4 Å². The number of hydrogen-bond acceptors (Lipinski definition) is 4. The Morgan fingerprint density at radius 2 is 2.50 bits per heavy atom. The molecule has 0 aromatic carbocycles. The van der Waals surface area contributed by atoms with Crippen molar-refractivity contribution in [3.8, 4) is 0 Å². The van der Waals surface area contributed by atoms with Crippen molar-refractivity contribution in [2.75, 3.05) is 20.3 Å². The van der Waals surface area contributed by atoms with Crippen LogP contribution in [0.25, 0.3) is 0 Å². The number of ether oxygens (including phenoxy) is 1. The summed E-state index contributed by atoms with van der Waals surface area (Å²) in [4.78, 5) is 19.4. The molecule has 1 saturated heterocycles. The van der Waals surface area contributed by atoms with E-state index in [1.807, 2.05) is 14.0 Å². The highest BCUT2D eigenvalue weighted by molar-refractivity contribution is 5.80. The third-order valence-electron chi connectivity index (χ3n) is 3.36. The molecule has 0 bridgehead atoms. The molecule has 6 heteroatoms. The summed E-state index contributed by atoms with van der Waals surface area (Å²) in [6.07, 6.45) is 4.26. The fraction of sp³-hybridized carbons (Fsp3) is 0.667. The summed E-state index contributed by atoms with van der Waals surface area (Å²) in [6, 6.07) is 0.0321. The van der Waals surface area contributed by atoms with Crippen LogP contribution in [0.15, 0.2) is 12.4 Å². The number of carbonyl (C=O) groups excluding carboxylic acids is 1. The van der Waals surface area contributed by atoms with Crippen molar-refractivity contribution < 1.29 is 9.53 Å². The zero-order valence-electron chi connectivity index (χ0n) is 10.8. The number of nitrogens with one attached hydrogen (secondary N) is 3. The predicted molar refractivity (Wildman–Crippen MR) is 66.9 cm³/mol. The lowest BCUT2D eigenvalue weighted by molar-refractivity contribution is -0.126. The van der Waals surface area contributed by atoms with Gasteiger partial charge in [0.05, 0.1) is 25.2 Å². The Kier molecular flexibility index (Phi) is 4.33. The minimum atomic E-state index is -0.126.